The van der Waals surface area contributed by atoms with Crippen LogP contribution in [0.2, 0.25) is 0 Å². The number of rotatable bonds is 15. The van der Waals surface area contributed by atoms with Gasteiger partial charge in [-0.25, -0.2) is 9.59 Å². The third-order valence-electron chi connectivity index (χ3n) is 7.59. The van der Waals surface area contributed by atoms with Gasteiger partial charge in [-0.1, -0.05) is 39.8 Å². The summed E-state index contributed by atoms with van der Waals surface area (Å²) >= 11 is 0. The van der Waals surface area contributed by atoms with Gasteiger partial charge >= 0.3 is 18.1 Å². The van der Waals surface area contributed by atoms with Gasteiger partial charge in [0, 0.05) is 18.8 Å². The summed E-state index contributed by atoms with van der Waals surface area (Å²) in [7, 11) is 1.79. The van der Waals surface area contributed by atoms with Crippen molar-refractivity contribution >= 4 is 35.6 Å². The van der Waals surface area contributed by atoms with E-state index in [-0.39, 0.29) is 24.3 Å². The summed E-state index contributed by atoms with van der Waals surface area (Å²) in [6, 6.07) is 5.02. The first-order valence-corrected chi connectivity index (χ1v) is 15.0. The van der Waals surface area contributed by atoms with Crippen molar-refractivity contribution in [1.82, 2.24) is 20.9 Å². The molecule has 7 N–H and O–H groups in total. The Morgan fingerprint density at radius 2 is 1.68 bits per heavy atom. The molecule has 1 aromatic rings. The number of primary amides is 1. The maximum Gasteiger partial charge on any atom is 0.408 e. The third kappa shape index (κ3) is 10.7. The van der Waals surface area contributed by atoms with E-state index in [0.717, 1.165) is 5.56 Å². The van der Waals surface area contributed by atoms with Gasteiger partial charge in [-0.2, -0.15) is 0 Å². The van der Waals surface area contributed by atoms with Crippen LogP contribution in [0.3, 0.4) is 0 Å². The number of nitrogens with zero attached hydrogens (tertiary/aromatic N) is 1. The highest BCUT2D eigenvalue weighted by molar-refractivity contribution is 6.04. The van der Waals surface area contributed by atoms with Crippen LogP contribution in [-0.2, 0) is 25.5 Å². The molecule has 1 unspecified atom stereocenters. The molecule has 44 heavy (non-hydrogen) atoms. The molecule has 13 nitrogen and oxygen atoms in total. The lowest BCUT2D eigenvalue weighted by atomic mass is 10.0. The monoisotopic (exact) mass is 618 g/mol. The van der Waals surface area contributed by atoms with Crippen LogP contribution in [0.1, 0.15) is 66.9 Å². The molecule has 1 aliphatic rings. The van der Waals surface area contributed by atoms with E-state index in [0.29, 0.717) is 31.5 Å². The molecule has 1 saturated carbocycles. The molecule has 0 bridgehead atoms. The molecular formula is C31H50N6O7. The minimum atomic E-state index is -1.25. The predicted octanol–water partition coefficient (Wildman–Crippen LogP) is 2.69. The molecule has 0 aliphatic heterocycles. The smallest absolute Gasteiger partial charge is 0.408 e. The Hall–Kier alpha value is -3.87. The number of amides is 5. The zero-order valence-corrected chi connectivity index (χ0v) is 27.2. The van der Waals surface area contributed by atoms with E-state index in [2.05, 4.69) is 21.3 Å². The van der Waals surface area contributed by atoms with Gasteiger partial charge in [-0.3, -0.25) is 19.3 Å². The number of carbonyl (C=O) groups excluding carboxylic acids is 4. The van der Waals surface area contributed by atoms with Crippen molar-refractivity contribution in [1.29, 1.82) is 0 Å². The Morgan fingerprint density at radius 1 is 1.07 bits per heavy atom. The molecule has 4 atom stereocenters. The van der Waals surface area contributed by atoms with Gasteiger partial charge in [0.25, 0.3) is 0 Å². The number of hydrogen-bond donors (Lipinski definition) is 6. The fourth-order valence-electron chi connectivity index (χ4n) is 5.23. The number of ether oxygens (including phenoxy) is 1. The van der Waals surface area contributed by atoms with E-state index >= 15 is 0 Å². The fraction of sp³-hybridized carbons (Fsp3) is 0.645. The van der Waals surface area contributed by atoms with Gasteiger partial charge in [0.15, 0.2) is 0 Å². The van der Waals surface area contributed by atoms with E-state index in [1.165, 1.54) is 0 Å². The van der Waals surface area contributed by atoms with Crippen LogP contribution >= 0.6 is 0 Å². The molecule has 13 heteroatoms. The van der Waals surface area contributed by atoms with Crippen molar-refractivity contribution in [3.63, 3.8) is 0 Å². The Labute approximate surface area is 260 Å². The largest absolute Gasteiger partial charge is 0.480 e. The molecule has 0 heterocycles. The van der Waals surface area contributed by atoms with Gasteiger partial charge in [0.2, 0.25) is 11.8 Å². The number of likely N-dealkylation sites (N-methyl/N-ethyl adjacent to an activating group) is 1. The van der Waals surface area contributed by atoms with Crippen molar-refractivity contribution in [2.24, 2.45) is 23.5 Å². The summed E-state index contributed by atoms with van der Waals surface area (Å²) in [6.07, 6.45) is 0.629. The first kappa shape index (κ1) is 36.3. The highest BCUT2D eigenvalue weighted by Crippen LogP contribution is 2.46. The topological polar surface area (TPSA) is 192 Å². The number of aliphatic carboxylic acids is 1. The zero-order chi connectivity index (χ0) is 33.4. The van der Waals surface area contributed by atoms with Gasteiger partial charge in [-0.05, 0) is 82.5 Å². The van der Waals surface area contributed by atoms with Crippen LogP contribution < -0.4 is 27.0 Å². The van der Waals surface area contributed by atoms with Crippen molar-refractivity contribution in [3.05, 3.63) is 29.8 Å². The Morgan fingerprint density at radius 3 is 2.18 bits per heavy atom. The van der Waals surface area contributed by atoms with E-state index in [1.54, 1.807) is 53.8 Å². The zero-order valence-electron chi connectivity index (χ0n) is 27.2. The van der Waals surface area contributed by atoms with E-state index in [9.17, 15) is 29.1 Å². The third-order valence-corrected chi connectivity index (χ3v) is 7.59. The normalized spacial score (nSPS) is 19.2. The average molecular weight is 619 g/mol. The Kier molecular flexibility index (Phi) is 12.6. The Balaban J connectivity index is 2.14. The number of carboxylic acid groups (broad SMARTS) is 1. The van der Waals surface area contributed by atoms with E-state index in [4.69, 9.17) is 10.5 Å². The summed E-state index contributed by atoms with van der Waals surface area (Å²) < 4.78 is 5.32. The lowest BCUT2D eigenvalue weighted by Gasteiger charge is -2.28. The minimum absolute atomic E-state index is 0.0374. The van der Waals surface area contributed by atoms with Crippen molar-refractivity contribution < 1.29 is 33.8 Å². The molecule has 246 valence electrons. The van der Waals surface area contributed by atoms with Crippen molar-refractivity contribution in [3.8, 4) is 0 Å². The lowest BCUT2D eigenvalue weighted by molar-refractivity contribution is -0.144. The average Bonchev–Trinajstić information content (AvgIpc) is 3.58. The number of benzene rings is 1. The standard InChI is InChI=1S/C31H50N6O7/c1-18(2)23(35-29(43)44-30(5,6)7)25(38)36-31(17-21(31)13-15-33-28(32)42)27(41)34-22-11-9-20(10-12-22)14-16-37(8)24(19(3)4)26(39)40/h9-12,18-19,21,23-24H,13-17H2,1-8H3,(H,34,41)(H,35,43)(H,36,38)(H,39,40)(H3,32,33,42)/t21-,23+,24+,31?/m1/s1. The quantitative estimate of drug-likeness (QED) is 0.173. The number of hydrogen-bond acceptors (Lipinski definition) is 7. The second-order valence-corrected chi connectivity index (χ2v) is 13.2. The first-order valence-electron chi connectivity index (χ1n) is 15.0. The van der Waals surface area contributed by atoms with Gasteiger partial charge in [0.05, 0.1) is 0 Å². The molecule has 1 aromatic carbocycles. The summed E-state index contributed by atoms with van der Waals surface area (Å²) in [5.41, 5.74) is 4.69. The highest BCUT2D eigenvalue weighted by Gasteiger charge is 2.61. The van der Waals surface area contributed by atoms with Crippen LogP contribution in [-0.4, -0.2) is 83.3 Å². The van der Waals surface area contributed by atoms with Crippen molar-refractivity contribution in [2.75, 3.05) is 25.5 Å². The second kappa shape index (κ2) is 15.2. The number of urea groups is 1. The van der Waals surface area contributed by atoms with E-state index in [1.807, 2.05) is 30.9 Å². The molecular weight excluding hydrogens is 568 g/mol. The predicted molar refractivity (Wildman–Crippen MR) is 167 cm³/mol. The molecule has 0 aromatic heterocycles. The maximum atomic E-state index is 13.6. The molecule has 2 rings (SSSR count). The lowest BCUT2D eigenvalue weighted by Crippen LogP contribution is -2.57. The molecule has 5 amide bonds. The number of anilines is 1. The van der Waals surface area contributed by atoms with E-state index < -0.39 is 53.1 Å². The number of nitrogens with one attached hydrogen (secondary N) is 4. The minimum Gasteiger partial charge on any atom is -0.480 e. The van der Waals surface area contributed by atoms with Gasteiger partial charge < -0.3 is 36.8 Å². The fourth-order valence-corrected chi connectivity index (χ4v) is 5.23. The maximum absolute atomic E-state index is 13.6. The summed E-state index contributed by atoms with van der Waals surface area (Å²) in [5.74, 6) is -2.40. The molecule has 1 aliphatic carbocycles. The summed E-state index contributed by atoms with van der Waals surface area (Å²) in [6.45, 7) is 13.2. The van der Waals surface area contributed by atoms with Crippen LogP contribution in [0.5, 0.6) is 0 Å². The van der Waals surface area contributed by atoms with Crippen LogP contribution in [0.25, 0.3) is 0 Å². The highest BCUT2D eigenvalue weighted by atomic mass is 16.6. The van der Waals surface area contributed by atoms with Gasteiger partial charge in [-0.15, -0.1) is 0 Å². The molecule has 0 radical (unpaired) electrons. The second-order valence-electron chi connectivity index (χ2n) is 13.2. The first-order chi connectivity index (χ1) is 20.4. The summed E-state index contributed by atoms with van der Waals surface area (Å²) in [4.78, 5) is 64.1. The van der Waals surface area contributed by atoms with Crippen LogP contribution in [0, 0.1) is 17.8 Å². The number of alkyl carbamates (subject to hydrolysis) is 1. The number of carbonyl (C=O) groups is 5. The molecule has 1 fully saturated rings. The Bertz CT molecular complexity index is 1180. The van der Waals surface area contributed by atoms with Crippen molar-refractivity contribution in [2.45, 2.75) is 91.0 Å². The summed E-state index contributed by atoms with van der Waals surface area (Å²) in [5, 5.41) is 20.4. The number of nitrogens with two attached hydrogens (primary N) is 1. The molecule has 0 spiro atoms. The van der Waals surface area contributed by atoms with Crippen LogP contribution in [0.4, 0.5) is 15.3 Å². The molecule has 0 saturated heterocycles. The van der Waals surface area contributed by atoms with Crippen LogP contribution in [0.15, 0.2) is 24.3 Å². The van der Waals surface area contributed by atoms with Gasteiger partial charge in [0.1, 0.15) is 23.2 Å². The number of carboxylic acids is 1. The SMILES string of the molecule is CC(C)[C@H](NC(=O)OC(C)(C)C)C(=O)NC1(C(=O)Nc2ccc(CCN(C)[C@H](C(=O)O)C(C)C)cc2)C[C@H]1CCNC(N)=O.